The number of aromatic nitrogens is 2. The molecule has 0 aliphatic carbocycles. The van der Waals surface area contributed by atoms with Gasteiger partial charge in [-0.05, 0) is 26.1 Å². The number of hydrogen-bond acceptors (Lipinski definition) is 4. The van der Waals surface area contributed by atoms with E-state index in [2.05, 4.69) is 58.0 Å². The van der Waals surface area contributed by atoms with Gasteiger partial charge in [-0.3, -0.25) is 9.69 Å². The molecule has 1 aromatic heterocycles. The minimum atomic E-state index is -0.248. The van der Waals surface area contributed by atoms with Crippen LogP contribution in [0.2, 0.25) is 0 Å². The number of nitrogens with zero attached hydrogens (tertiary/aromatic N) is 5. The molecule has 0 N–H and O–H groups in total. The van der Waals surface area contributed by atoms with Gasteiger partial charge < -0.3 is 14.4 Å². The minimum Gasteiger partial charge on any atom is -0.339 e. The zero-order valence-corrected chi connectivity index (χ0v) is 16.5. The monoisotopic (exact) mass is 367 g/mol. The summed E-state index contributed by atoms with van der Waals surface area (Å²) in [7, 11) is 6.20. The van der Waals surface area contributed by atoms with Gasteiger partial charge in [0.15, 0.2) is 0 Å². The van der Waals surface area contributed by atoms with Gasteiger partial charge in [-0.1, -0.05) is 30.3 Å². The molecule has 1 amide bonds. The molecule has 1 fully saturated rings. The van der Waals surface area contributed by atoms with Crippen LogP contribution >= 0.6 is 0 Å². The Hall–Kier alpha value is -2.18. The van der Waals surface area contributed by atoms with Gasteiger partial charge in [-0.2, -0.15) is 0 Å². The van der Waals surface area contributed by atoms with Gasteiger partial charge >= 0.3 is 0 Å². The molecule has 6 nitrogen and oxygen atoms in total. The molecule has 0 spiro atoms. The lowest BCUT2D eigenvalue weighted by Crippen LogP contribution is -2.46. The van der Waals surface area contributed by atoms with E-state index in [9.17, 15) is 4.79 Å². The Morgan fingerprint density at radius 3 is 2.70 bits per heavy atom. The first-order valence-electron chi connectivity index (χ1n) is 9.78. The maximum atomic E-state index is 13.6. The minimum absolute atomic E-state index is 0.222. The third-order valence-corrected chi connectivity index (χ3v) is 5.99. The fourth-order valence-electron chi connectivity index (χ4n) is 4.38. The smallest absolute Gasteiger partial charge is 0.246 e. The van der Waals surface area contributed by atoms with E-state index in [0.29, 0.717) is 6.04 Å². The van der Waals surface area contributed by atoms with Crippen molar-refractivity contribution >= 4 is 5.91 Å². The van der Waals surface area contributed by atoms with Crippen LogP contribution in [-0.4, -0.2) is 69.9 Å². The molecular weight excluding hydrogens is 338 g/mol. The summed E-state index contributed by atoms with van der Waals surface area (Å²) in [5, 5.41) is 0. The standard InChI is InChI=1S/C21H29N5O/c1-23(2)17-9-11-26(14-17)21(27)20-19-18(22-15-24(19)3)10-12-25(20)13-16-7-5-4-6-8-16/h4-8,15,17,20H,9-14H2,1-3H3. The van der Waals surface area contributed by atoms with Crippen LogP contribution in [-0.2, 0) is 24.8 Å². The number of carbonyl (C=O) groups is 1. The van der Waals surface area contributed by atoms with Crippen LogP contribution in [0.3, 0.4) is 0 Å². The molecule has 6 heteroatoms. The van der Waals surface area contributed by atoms with E-state index in [1.807, 2.05) is 24.0 Å². The van der Waals surface area contributed by atoms with Crippen molar-refractivity contribution in [2.75, 3.05) is 33.7 Å². The largest absolute Gasteiger partial charge is 0.339 e. The first kappa shape index (κ1) is 18.2. The van der Waals surface area contributed by atoms with Gasteiger partial charge in [-0.15, -0.1) is 0 Å². The lowest BCUT2D eigenvalue weighted by atomic mass is 10.00. The number of benzene rings is 1. The highest BCUT2D eigenvalue weighted by Crippen LogP contribution is 2.33. The molecule has 0 radical (unpaired) electrons. The molecule has 0 bridgehead atoms. The normalized spacial score (nSPS) is 23.0. The first-order chi connectivity index (χ1) is 13.0. The molecule has 27 heavy (non-hydrogen) atoms. The topological polar surface area (TPSA) is 44.6 Å². The Morgan fingerprint density at radius 1 is 1.22 bits per heavy atom. The molecule has 2 aliphatic heterocycles. The van der Waals surface area contributed by atoms with Crippen molar-refractivity contribution in [1.29, 1.82) is 0 Å². The van der Waals surface area contributed by atoms with Gasteiger partial charge in [0.05, 0.1) is 17.7 Å². The summed E-state index contributed by atoms with van der Waals surface area (Å²) >= 11 is 0. The predicted octanol–water partition coefficient (Wildman–Crippen LogP) is 1.68. The number of rotatable bonds is 4. The maximum absolute atomic E-state index is 13.6. The highest BCUT2D eigenvalue weighted by Gasteiger charge is 2.40. The average Bonchev–Trinajstić information content (AvgIpc) is 3.30. The number of amides is 1. The van der Waals surface area contributed by atoms with Crippen LogP contribution < -0.4 is 0 Å². The lowest BCUT2D eigenvalue weighted by molar-refractivity contribution is -0.137. The predicted molar refractivity (Wildman–Crippen MR) is 105 cm³/mol. The molecule has 0 saturated carbocycles. The molecule has 4 rings (SSSR count). The zero-order valence-electron chi connectivity index (χ0n) is 16.5. The second kappa shape index (κ2) is 7.44. The van der Waals surface area contributed by atoms with Gasteiger partial charge in [0.25, 0.3) is 0 Å². The van der Waals surface area contributed by atoms with Gasteiger partial charge in [0.1, 0.15) is 6.04 Å². The SMILES string of the molecule is CN(C)C1CCN(C(=O)C2c3c(ncn3C)CCN2Cc2ccccc2)C1. The Bertz CT molecular complexity index is 800. The van der Waals surface area contributed by atoms with Crippen molar-refractivity contribution in [2.45, 2.75) is 31.5 Å². The fraction of sp³-hybridized carbons (Fsp3) is 0.524. The van der Waals surface area contributed by atoms with Gasteiger partial charge in [0.2, 0.25) is 5.91 Å². The number of likely N-dealkylation sites (tertiary alicyclic amines) is 1. The molecule has 1 aromatic carbocycles. The summed E-state index contributed by atoms with van der Waals surface area (Å²) in [6.07, 6.45) is 3.79. The van der Waals surface area contributed by atoms with Crippen LogP contribution in [0.15, 0.2) is 36.7 Å². The van der Waals surface area contributed by atoms with E-state index in [1.54, 1.807) is 0 Å². The van der Waals surface area contributed by atoms with E-state index >= 15 is 0 Å². The second-order valence-corrected chi connectivity index (χ2v) is 7.99. The maximum Gasteiger partial charge on any atom is 0.246 e. The van der Waals surface area contributed by atoms with Crippen LogP contribution in [0.25, 0.3) is 0 Å². The van der Waals surface area contributed by atoms with Crippen molar-refractivity contribution in [3.8, 4) is 0 Å². The van der Waals surface area contributed by atoms with Crippen molar-refractivity contribution in [3.63, 3.8) is 0 Å². The third kappa shape index (κ3) is 3.51. The number of fused-ring (bicyclic) bond motifs is 1. The van der Waals surface area contributed by atoms with Crippen LogP contribution in [0.4, 0.5) is 0 Å². The number of likely N-dealkylation sites (N-methyl/N-ethyl adjacent to an activating group) is 1. The lowest BCUT2D eigenvalue weighted by Gasteiger charge is -2.37. The highest BCUT2D eigenvalue weighted by molar-refractivity contribution is 5.84. The van der Waals surface area contributed by atoms with Crippen LogP contribution in [0.1, 0.15) is 29.4 Å². The first-order valence-corrected chi connectivity index (χ1v) is 9.78. The number of hydrogen-bond donors (Lipinski definition) is 0. The summed E-state index contributed by atoms with van der Waals surface area (Å²) in [5.41, 5.74) is 3.38. The molecule has 2 aliphatic rings. The quantitative estimate of drug-likeness (QED) is 0.825. The summed E-state index contributed by atoms with van der Waals surface area (Å²) < 4.78 is 2.04. The number of carbonyl (C=O) groups excluding carboxylic acids is 1. The van der Waals surface area contributed by atoms with Crippen molar-refractivity contribution in [1.82, 2.24) is 24.3 Å². The Labute approximate surface area is 161 Å². The molecule has 3 heterocycles. The van der Waals surface area contributed by atoms with E-state index in [1.165, 1.54) is 5.56 Å². The molecule has 2 aromatic rings. The molecular formula is C21H29N5O. The van der Waals surface area contributed by atoms with Gasteiger partial charge in [0, 0.05) is 45.7 Å². The molecule has 2 atom stereocenters. The van der Waals surface area contributed by atoms with E-state index in [0.717, 1.165) is 50.4 Å². The summed E-state index contributed by atoms with van der Waals surface area (Å²) in [6, 6.07) is 10.6. The highest BCUT2D eigenvalue weighted by atomic mass is 16.2. The Balaban J connectivity index is 1.62. The molecule has 2 unspecified atom stereocenters. The Kier molecular flexibility index (Phi) is 5.02. The van der Waals surface area contributed by atoms with Crippen molar-refractivity contribution in [2.24, 2.45) is 7.05 Å². The van der Waals surface area contributed by atoms with E-state index in [4.69, 9.17) is 0 Å². The zero-order chi connectivity index (χ0) is 19.0. The summed E-state index contributed by atoms with van der Waals surface area (Å²) in [5.74, 6) is 0.222. The Morgan fingerprint density at radius 2 is 2.00 bits per heavy atom. The molecule has 1 saturated heterocycles. The van der Waals surface area contributed by atoms with Crippen molar-refractivity contribution in [3.05, 3.63) is 53.6 Å². The molecule has 144 valence electrons. The van der Waals surface area contributed by atoms with E-state index < -0.39 is 0 Å². The van der Waals surface area contributed by atoms with Crippen LogP contribution in [0.5, 0.6) is 0 Å². The van der Waals surface area contributed by atoms with E-state index in [-0.39, 0.29) is 11.9 Å². The second-order valence-electron chi connectivity index (χ2n) is 7.99. The number of imidazole rings is 1. The third-order valence-electron chi connectivity index (χ3n) is 5.99. The fourth-order valence-corrected chi connectivity index (χ4v) is 4.38. The average molecular weight is 367 g/mol. The summed E-state index contributed by atoms with van der Waals surface area (Å²) in [6.45, 7) is 3.30. The number of aryl methyl sites for hydroxylation is 1. The van der Waals surface area contributed by atoms with Crippen LogP contribution in [0, 0.1) is 0 Å². The van der Waals surface area contributed by atoms with Crippen molar-refractivity contribution < 1.29 is 4.79 Å². The summed E-state index contributed by atoms with van der Waals surface area (Å²) in [4.78, 5) is 24.8. The van der Waals surface area contributed by atoms with Gasteiger partial charge in [-0.25, -0.2) is 4.98 Å².